The molecule has 0 saturated heterocycles. The molecule has 0 radical (unpaired) electrons. The van der Waals surface area contributed by atoms with Gasteiger partial charge >= 0.3 is 0 Å². The Labute approximate surface area is 72.2 Å². The van der Waals surface area contributed by atoms with Gasteiger partial charge in [0.05, 0.1) is 5.51 Å². The molecule has 2 heterocycles. The van der Waals surface area contributed by atoms with Gasteiger partial charge in [-0.1, -0.05) is 11.6 Å². The molecule has 0 aromatic carbocycles. The van der Waals surface area contributed by atoms with E-state index in [1.54, 1.807) is 5.51 Å². The summed E-state index contributed by atoms with van der Waals surface area (Å²) in [6.07, 6.45) is 2.58. The molecule has 0 amide bonds. The molecule has 0 bridgehead atoms. The molecule has 1 aliphatic rings. The van der Waals surface area contributed by atoms with Crippen molar-refractivity contribution < 1.29 is 9.47 Å². The Bertz CT molecular complexity index is 278. The van der Waals surface area contributed by atoms with Crippen LogP contribution in [0.2, 0.25) is 5.15 Å². The number of hydrogen-bond acceptors (Lipinski definition) is 4. The molecule has 1 aromatic rings. The molecule has 3 nitrogen and oxygen atoms in total. The lowest BCUT2D eigenvalue weighted by molar-refractivity contribution is -0.0217. The third-order valence-corrected chi connectivity index (χ3v) is 2.49. The van der Waals surface area contributed by atoms with E-state index in [-0.39, 0.29) is 0 Å². The molecular formula is C6H4ClNO2S. The average molecular weight is 190 g/mol. The fourth-order valence-electron chi connectivity index (χ4n) is 0.757. The van der Waals surface area contributed by atoms with Crippen molar-refractivity contribution in [2.24, 2.45) is 0 Å². The van der Waals surface area contributed by atoms with Crippen molar-refractivity contribution in [1.82, 2.24) is 4.98 Å². The van der Waals surface area contributed by atoms with Crippen molar-refractivity contribution in [3.05, 3.63) is 28.1 Å². The summed E-state index contributed by atoms with van der Waals surface area (Å²) in [4.78, 5) is 4.66. The first-order chi connectivity index (χ1) is 5.38. The van der Waals surface area contributed by atoms with Gasteiger partial charge in [-0.15, -0.1) is 11.3 Å². The zero-order valence-electron chi connectivity index (χ0n) is 5.36. The maximum absolute atomic E-state index is 5.73. The molecule has 1 aromatic heterocycles. The molecule has 0 unspecified atom stereocenters. The highest BCUT2D eigenvalue weighted by atomic mass is 35.5. The van der Waals surface area contributed by atoms with Crippen molar-refractivity contribution in [2.45, 2.75) is 6.29 Å². The summed E-state index contributed by atoms with van der Waals surface area (Å²) in [5.74, 6) is 0. The van der Waals surface area contributed by atoms with Crippen molar-refractivity contribution in [1.29, 1.82) is 0 Å². The first-order valence-electron chi connectivity index (χ1n) is 2.93. The van der Waals surface area contributed by atoms with Crippen LogP contribution in [0.25, 0.3) is 0 Å². The number of hydrogen-bond donors (Lipinski definition) is 0. The minimum absolute atomic E-state index is 0.394. The smallest absolute Gasteiger partial charge is 0.278 e. The highest BCUT2D eigenvalue weighted by molar-refractivity contribution is 7.10. The Morgan fingerprint density at radius 2 is 2.18 bits per heavy atom. The predicted molar refractivity (Wildman–Crippen MR) is 41.2 cm³/mol. The van der Waals surface area contributed by atoms with Crippen LogP contribution in [0.1, 0.15) is 11.2 Å². The molecule has 0 atom stereocenters. The normalized spacial score (nSPS) is 16.5. The van der Waals surface area contributed by atoms with Crippen LogP contribution in [0, 0.1) is 0 Å². The maximum atomic E-state index is 5.73. The lowest BCUT2D eigenvalue weighted by Gasteiger charge is -2.06. The van der Waals surface area contributed by atoms with Crippen LogP contribution in [-0.4, -0.2) is 4.98 Å². The van der Waals surface area contributed by atoms with E-state index in [4.69, 9.17) is 21.1 Å². The van der Waals surface area contributed by atoms with Gasteiger partial charge in [0.25, 0.3) is 6.29 Å². The lowest BCUT2D eigenvalue weighted by atomic mass is 10.5. The van der Waals surface area contributed by atoms with Gasteiger partial charge < -0.3 is 9.47 Å². The summed E-state index contributed by atoms with van der Waals surface area (Å²) in [6.45, 7) is 0. The van der Waals surface area contributed by atoms with Crippen LogP contribution < -0.4 is 0 Å². The van der Waals surface area contributed by atoms with E-state index in [2.05, 4.69) is 4.98 Å². The number of thiazole rings is 1. The molecule has 58 valence electrons. The maximum Gasteiger partial charge on any atom is 0.278 e. The molecule has 1 aliphatic heterocycles. The Kier molecular flexibility index (Phi) is 1.71. The quantitative estimate of drug-likeness (QED) is 0.680. The molecule has 2 rings (SSSR count). The summed E-state index contributed by atoms with van der Waals surface area (Å²) >= 11 is 7.15. The molecule has 0 fully saturated rings. The van der Waals surface area contributed by atoms with Gasteiger partial charge in [0.15, 0.2) is 5.15 Å². The lowest BCUT2D eigenvalue weighted by Crippen LogP contribution is -1.94. The molecule has 11 heavy (non-hydrogen) atoms. The van der Waals surface area contributed by atoms with Crippen LogP contribution in [0.15, 0.2) is 18.0 Å². The van der Waals surface area contributed by atoms with Gasteiger partial charge in [-0.05, 0) is 0 Å². The molecule has 0 spiro atoms. The van der Waals surface area contributed by atoms with Crippen molar-refractivity contribution in [2.75, 3.05) is 0 Å². The number of nitrogens with zero attached hydrogens (tertiary/aromatic N) is 1. The van der Waals surface area contributed by atoms with Crippen LogP contribution in [0.4, 0.5) is 0 Å². The summed E-state index contributed by atoms with van der Waals surface area (Å²) in [5, 5.41) is 0.448. The molecule has 0 N–H and O–H groups in total. The third-order valence-electron chi connectivity index (χ3n) is 1.22. The molecular weight excluding hydrogens is 186 g/mol. The fourth-order valence-corrected chi connectivity index (χ4v) is 1.73. The highest BCUT2D eigenvalue weighted by Gasteiger charge is 2.20. The van der Waals surface area contributed by atoms with Gasteiger partial charge in [0, 0.05) is 0 Å². The zero-order valence-corrected chi connectivity index (χ0v) is 6.93. The van der Waals surface area contributed by atoms with E-state index in [1.165, 1.54) is 23.9 Å². The molecule has 5 heteroatoms. The summed E-state index contributed by atoms with van der Waals surface area (Å²) < 4.78 is 10.1. The second-order valence-corrected chi connectivity index (χ2v) is 3.13. The number of aromatic nitrogens is 1. The number of rotatable bonds is 1. The van der Waals surface area contributed by atoms with Gasteiger partial charge in [-0.2, -0.15) is 0 Å². The van der Waals surface area contributed by atoms with E-state index in [0.717, 1.165) is 4.88 Å². The fraction of sp³-hybridized carbons (Fsp3) is 0.167. The molecule has 0 saturated carbocycles. The van der Waals surface area contributed by atoms with Crippen LogP contribution in [0.5, 0.6) is 0 Å². The SMILES string of the molecule is Clc1ncsc1C1OC=CO1. The van der Waals surface area contributed by atoms with Crippen LogP contribution in [-0.2, 0) is 9.47 Å². The van der Waals surface area contributed by atoms with Gasteiger partial charge in [-0.25, -0.2) is 4.98 Å². The van der Waals surface area contributed by atoms with E-state index < -0.39 is 6.29 Å². The van der Waals surface area contributed by atoms with Crippen molar-refractivity contribution in [3.8, 4) is 0 Å². The predicted octanol–water partition coefficient (Wildman–Crippen LogP) is 2.31. The number of ether oxygens (including phenoxy) is 2. The Balaban J connectivity index is 2.22. The van der Waals surface area contributed by atoms with Gasteiger partial charge in [0.1, 0.15) is 17.4 Å². The van der Waals surface area contributed by atoms with Crippen molar-refractivity contribution >= 4 is 22.9 Å². The second kappa shape index (κ2) is 2.71. The standard InChI is InChI=1S/C6H4ClNO2S/c7-5-4(11-3-8-5)6-9-1-2-10-6/h1-3,6H. The van der Waals surface area contributed by atoms with Crippen molar-refractivity contribution in [3.63, 3.8) is 0 Å². The zero-order chi connectivity index (χ0) is 7.68. The molecule has 0 aliphatic carbocycles. The van der Waals surface area contributed by atoms with Crippen LogP contribution in [0.3, 0.4) is 0 Å². The first-order valence-corrected chi connectivity index (χ1v) is 4.18. The van der Waals surface area contributed by atoms with Gasteiger partial charge in [0.2, 0.25) is 0 Å². The summed E-state index contributed by atoms with van der Waals surface area (Å²) in [6, 6.07) is 0. The Hall–Kier alpha value is -0.740. The Morgan fingerprint density at radius 1 is 1.45 bits per heavy atom. The van der Waals surface area contributed by atoms with Crippen LogP contribution >= 0.6 is 22.9 Å². The third kappa shape index (κ3) is 1.19. The highest BCUT2D eigenvalue weighted by Crippen LogP contribution is 2.32. The van der Waals surface area contributed by atoms with Gasteiger partial charge in [-0.3, -0.25) is 0 Å². The largest absolute Gasteiger partial charge is 0.454 e. The summed E-state index contributed by atoms with van der Waals surface area (Å²) in [5.41, 5.74) is 1.66. The van der Waals surface area contributed by atoms with E-state index in [9.17, 15) is 0 Å². The van der Waals surface area contributed by atoms with E-state index in [0.29, 0.717) is 5.15 Å². The van der Waals surface area contributed by atoms with E-state index >= 15 is 0 Å². The summed E-state index contributed by atoms with van der Waals surface area (Å²) in [7, 11) is 0. The first kappa shape index (κ1) is 6.94. The monoisotopic (exact) mass is 189 g/mol. The average Bonchev–Trinajstić information content (AvgIpc) is 2.55. The minimum Gasteiger partial charge on any atom is -0.454 e. The minimum atomic E-state index is -0.394. The number of halogens is 1. The second-order valence-electron chi connectivity index (χ2n) is 1.88. The Morgan fingerprint density at radius 3 is 2.73 bits per heavy atom. The van der Waals surface area contributed by atoms with E-state index in [1.807, 2.05) is 0 Å². The topological polar surface area (TPSA) is 31.4 Å².